The van der Waals surface area contributed by atoms with E-state index in [1.165, 1.54) is 24.6 Å². The molecule has 1 aliphatic carbocycles. The van der Waals surface area contributed by atoms with Gasteiger partial charge in [-0.1, -0.05) is 68.3 Å². The van der Waals surface area contributed by atoms with Crippen molar-refractivity contribution in [1.82, 2.24) is 0 Å². The van der Waals surface area contributed by atoms with Crippen LogP contribution < -0.4 is 0 Å². The first-order valence-corrected chi connectivity index (χ1v) is 12.1. The van der Waals surface area contributed by atoms with E-state index in [1.807, 2.05) is 36.4 Å². The number of aromatic hydroxyl groups is 4. The van der Waals surface area contributed by atoms with Crippen LogP contribution in [0.3, 0.4) is 0 Å². The molecular weight excluding hydrogens is 576 g/mol. The van der Waals surface area contributed by atoms with Gasteiger partial charge in [0.2, 0.25) is 5.66 Å². The summed E-state index contributed by atoms with van der Waals surface area (Å²) in [5.74, 6) is -1.09. The van der Waals surface area contributed by atoms with E-state index in [9.17, 15) is 20.4 Å². The zero-order valence-corrected chi connectivity index (χ0v) is 21.2. The number of hydrogen-bond acceptors (Lipinski definition) is 6. The minimum Gasteiger partial charge on any atom is -0.504 e. The molecule has 0 amide bonds. The molecule has 0 saturated carbocycles. The third kappa shape index (κ3) is 3.79. The molecule has 35 heavy (non-hydrogen) atoms. The molecule has 4 N–H and O–H groups in total. The molecule has 4 aromatic rings. The Balaban J connectivity index is 1.80. The molecule has 0 aromatic heterocycles. The molecule has 0 saturated heterocycles. The molecule has 0 radical (unpaired) electrons. The molecule has 8 heteroatoms. The average molecular weight is 594 g/mol. The van der Waals surface area contributed by atoms with Crippen molar-refractivity contribution in [2.45, 2.75) is 5.66 Å². The molecule has 4 aromatic carbocycles. The van der Waals surface area contributed by atoms with E-state index in [0.29, 0.717) is 11.1 Å². The molecule has 0 unspecified atom stereocenters. The fourth-order valence-corrected chi connectivity index (χ4v) is 5.35. The van der Waals surface area contributed by atoms with E-state index in [2.05, 4.69) is 31.9 Å². The van der Waals surface area contributed by atoms with Crippen molar-refractivity contribution in [3.05, 3.63) is 104 Å². The van der Waals surface area contributed by atoms with Crippen LogP contribution in [0.1, 0.15) is 22.3 Å². The zero-order valence-electron chi connectivity index (χ0n) is 18.0. The number of hydrogen-bond donors (Lipinski definition) is 4. The van der Waals surface area contributed by atoms with Crippen molar-refractivity contribution in [3.8, 4) is 34.1 Å². The fraction of sp³-hybridized carbons (Fsp3) is 0.0370. The van der Waals surface area contributed by atoms with Crippen LogP contribution in [0.4, 0.5) is 0 Å². The van der Waals surface area contributed by atoms with E-state index < -0.39 is 5.66 Å². The lowest BCUT2D eigenvalue weighted by molar-refractivity contribution is 0.403. The van der Waals surface area contributed by atoms with Crippen LogP contribution in [0, 0.1) is 0 Å². The molecule has 0 bridgehead atoms. The summed E-state index contributed by atoms with van der Waals surface area (Å²) in [6.07, 6.45) is 2.94. The van der Waals surface area contributed by atoms with Gasteiger partial charge < -0.3 is 20.4 Å². The maximum absolute atomic E-state index is 10.4. The Morgan fingerprint density at radius 2 is 0.971 bits per heavy atom. The number of phenolic OH excluding ortho intramolecular Hbond substituents is 4. The van der Waals surface area contributed by atoms with Crippen molar-refractivity contribution < 1.29 is 20.4 Å². The highest BCUT2D eigenvalue weighted by molar-refractivity contribution is 9.11. The van der Waals surface area contributed by atoms with Gasteiger partial charge in [-0.3, -0.25) is 9.98 Å². The van der Waals surface area contributed by atoms with E-state index in [4.69, 9.17) is 9.98 Å². The molecular formula is C27H18Br2N2O4. The Hall–Kier alpha value is -3.62. The molecule has 0 atom stereocenters. The number of fused-ring (bicyclic) bond motifs is 3. The highest BCUT2D eigenvalue weighted by atomic mass is 79.9. The van der Waals surface area contributed by atoms with Gasteiger partial charge in [-0.15, -0.1) is 0 Å². The number of halogens is 2. The van der Waals surface area contributed by atoms with Crippen LogP contribution >= 0.6 is 31.9 Å². The lowest BCUT2D eigenvalue weighted by Gasteiger charge is -2.23. The number of benzene rings is 4. The lowest BCUT2D eigenvalue weighted by atomic mass is 9.97. The Morgan fingerprint density at radius 3 is 1.40 bits per heavy atom. The Labute approximate surface area is 217 Å². The molecule has 1 aliphatic rings. The van der Waals surface area contributed by atoms with Gasteiger partial charge in [-0.2, -0.15) is 0 Å². The van der Waals surface area contributed by atoms with Gasteiger partial charge in [0, 0.05) is 54.8 Å². The molecule has 5 rings (SSSR count). The molecule has 0 heterocycles. The van der Waals surface area contributed by atoms with Gasteiger partial charge in [0.15, 0.2) is 23.0 Å². The SMILES string of the molecule is Oc1cccc(C=NC2(N=Cc3cccc(O)c3O)c3cccc(Br)c3-c3c(Br)cccc32)c1O. The number of rotatable bonds is 4. The maximum atomic E-state index is 10.4. The molecule has 0 spiro atoms. The van der Waals surface area contributed by atoms with Gasteiger partial charge in [0.25, 0.3) is 0 Å². The quantitative estimate of drug-likeness (QED) is 0.161. The van der Waals surface area contributed by atoms with E-state index in [-0.39, 0.29) is 23.0 Å². The van der Waals surface area contributed by atoms with Crippen LogP contribution in [0.15, 0.2) is 91.7 Å². The second kappa shape index (κ2) is 8.87. The average Bonchev–Trinajstić information content (AvgIpc) is 3.13. The summed E-state index contributed by atoms with van der Waals surface area (Å²) < 4.78 is 1.71. The monoisotopic (exact) mass is 592 g/mol. The third-order valence-electron chi connectivity index (χ3n) is 5.90. The normalized spacial score (nSPS) is 13.9. The fourth-order valence-electron chi connectivity index (χ4n) is 4.23. The maximum Gasteiger partial charge on any atom is 0.202 e. The van der Waals surface area contributed by atoms with E-state index >= 15 is 0 Å². The second-order valence-corrected chi connectivity index (χ2v) is 9.65. The first kappa shape index (κ1) is 23.1. The Bertz CT molecular complexity index is 1420. The highest BCUT2D eigenvalue weighted by Crippen LogP contribution is 2.55. The van der Waals surface area contributed by atoms with Crippen LogP contribution in [-0.2, 0) is 5.66 Å². The lowest BCUT2D eigenvalue weighted by Crippen LogP contribution is -2.21. The largest absolute Gasteiger partial charge is 0.504 e. The summed E-state index contributed by atoms with van der Waals surface area (Å²) in [5, 5.41) is 40.6. The number of para-hydroxylation sites is 2. The molecule has 174 valence electrons. The van der Waals surface area contributed by atoms with Gasteiger partial charge in [-0.25, -0.2) is 0 Å². The standard InChI is InChI=1S/C27H18Br2N2O4/c28-19-9-3-7-17-23(19)24-18(8-4-10-20(24)29)27(17,30-13-15-5-1-11-21(32)25(15)34)31-14-16-6-2-12-22(33)26(16)35/h1-14,32-35H. The van der Waals surface area contributed by atoms with Gasteiger partial charge in [0.1, 0.15) is 0 Å². The predicted octanol–water partition coefficient (Wildman–Crippen LogP) is 6.45. The summed E-state index contributed by atoms with van der Waals surface area (Å²) in [6.45, 7) is 0. The third-order valence-corrected chi connectivity index (χ3v) is 7.22. The van der Waals surface area contributed by atoms with Gasteiger partial charge >= 0.3 is 0 Å². The number of nitrogens with zero attached hydrogens (tertiary/aromatic N) is 2. The van der Waals surface area contributed by atoms with Gasteiger partial charge in [0.05, 0.1) is 0 Å². The van der Waals surface area contributed by atoms with E-state index in [0.717, 1.165) is 31.2 Å². The van der Waals surface area contributed by atoms with Crippen molar-refractivity contribution in [2.75, 3.05) is 0 Å². The molecule has 6 nitrogen and oxygen atoms in total. The Morgan fingerprint density at radius 1 is 0.571 bits per heavy atom. The van der Waals surface area contributed by atoms with Crippen molar-refractivity contribution >= 4 is 44.3 Å². The minimum absolute atomic E-state index is 0.256. The van der Waals surface area contributed by atoms with Crippen molar-refractivity contribution in [2.24, 2.45) is 9.98 Å². The van der Waals surface area contributed by atoms with Crippen LogP contribution in [0.25, 0.3) is 11.1 Å². The summed E-state index contributed by atoms with van der Waals surface area (Å²) in [7, 11) is 0. The highest BCUT2D eigenvalue weighted by Gasteiger charge is 2.44. The van der Waals surface area contributed by atoms with Crippen LogP contribution in [0.5, 0.6) is 23.0 Å². The van der Waals surface area contributed by atoms with Crippen LogP contribution in [0.2, 0.25) is 0 Å². The van der Waals surface area contributed by atoms with Crippen molar-refractivity contribution in [3.63, 3.8) is 0 Å². The first-order chi connectivity index (χ1) is 16.8. The first-order valence-electron chi connectivity index (χ1n) is 10.5. The molecule has 0 aliphatic heterocycles. The summed E-state index contributed by atoms with van der Waals surface area (Å²) in [6, 6.07) is 20.8. The topological polar surface area (TPSA) is 106 Å². The summed E-state index contributed by atoms with van der Waals surface area (Å²) in [4.78, 5) is 9.76. The smallest absolute Gasteiger partial charge is 0.202 e. The molecule has 0 fully saturated rings. The Kier molecular flexibility index (Phi) is 5.86. The number of phenols is 4. The summed E-state index contributed by atoms with van der Waals surface area (Å²) in [5.41, 5.74) is 2.73. The summed E-state index contributed by atoms with van der Waals surface area (Å²) >= 11 is 7.33. The van der Waals surface area contributed by atoms with E-state index in [1.54, 1.807) is 24.3 Å². The minimum atomic E-state index is -1.28. The zero-order chi connectivity index (χ0) is 24.7. The second-order valence-electron chi connectivity index (χ2n) is 7.94. The van der Waals surface area contributed by atoms with Crippen LogP contribution in [-0.4, -0.2) is 32.9 Å². The predicted molar refractivity (Wildman–Crippen MR) is 143 cm³/mol. The van der Waals surface area contributed by atoms with Gasteiger partial charge in [-0.05, 0) is 36.4 Å². The van der Waals surface area contributed by atoms with Crippen molar-refractivity contribution in [1.29, 1.82) is 0 Å². The number of aliphatic imine (C=N–C) groups is 2.